The molecule has 0 aliphatic heterocycles. The van der Waals surface area contributed by atoms with Crippen molar-refractivity contribution in [1.82, 2.24) is 5.32 Å². The van der Waals surface area contributed by atoms with E-state index in [-0.39, 0.29) is 24.7 Å². The second kappa shape index (κ2) is 8.58. The second-order valence-electron chi connectivity index (χ2n) is 5.20. The number of hydrogen-bond donors (Lipinski definition) is 2. The number of benzene rings is 2. The monoisotopic (exact) mass is 344 g/mol. The van der Waals surface area contributed by atoms with Crippen molar-refractivity contribution in [3.8, 4) is 0 Å². The van der Waals surface area contributed by atoms with E-state index in [0.717, 1.165) is 0 Å². The van der Waals surface area contributed by atoms with Crippen LogP contribution in [0.1, 0.15) is 15.9 Å². The third kappa shape index (κ3) is 5.72. The summed E-state index contributed by atoms with van der Waals surface area (Å²) in [5, 5.41) is 5.08. The Morgan fingerprint density at radius 1 is 0.960 bits per heavy atom. The fraction of sp³-hybridized carbons (Fsp3) is 0.167. The predicted molar refractivity (Wildman–Crippen MR) is 89.5 cm³/mol. The van der Waals surface area contributed by atoms with Gasteiger partial charge in [-0.2, -0.15) is 0 Å². The molecule has 25 heavy (non-hydrogen) atoms. The summed E-state index contributed by atoms with van der Waals surface area (Å²) in [6, 6.07) is 11.7. The zero-order chi connectivity index (χ0) is 18.2. The van der Waals surface area contributed by atoms with E-state index in [1.165, 1.54) is 43.5 Å². The van der Waals surface area contributed by atoms with Gasteiger partial charge in [-0.05, 0) is 42.0 Å². The Morgan fingerprint density at radius 2 is 1.60 bits per heavy atom. The van der Waals surface area contributed by atoms with E-state index >= 15 is 0 Å². The Morgan fingerprint density at radius 3 is 2.20 bits per heavy atom. The number of anilines is 1. The van der Waals surface area contributed by atoms with Gasteiger partial charge in [0.1, 0.15) is 5.82 Å². The molecule has 0 aliphatic carbocycles. The Kier molecular flexibility index (Phi) is 6.22. The molecule has 2 N–H and O–H groups in total. The molecule has 0 saturated carbocycles. The van der Waals surface area contributed by atoms with Crippen LogP contribution >= 0.6 is 0 Å². The topological polar surface area (TPSA) is 84.5 Å². The fourth-order valence-corrected chi connectivity index (χ4v) is 2.04. The van der Waals surface area contributed by atoms with E-state index in [1.54, 1.807) is 12.1 Å². The lowest BCUT2D eigenvalue weighted by Crippen LogP contribution is -2.33. The molecule has 2 aromatic rings. The molecule has 0 heterocycles. The van der Waals surface area contributed by atoms with Crippen molar-refractivity contribution >= 4 is 23.5 Å². The number of carbonyl (C=O) groups is 3. The van der Waals surface area contributed by atoms with E-state index in [2.05, 4.69) is 15.4 Å². The number of amides is 2. The number of rotatable bonds is 6. The Hall–Kier alpha value is -3.22. The Bertz CT molecular complexity index is 758. The van der Waals surface area contributed by atoms with Crippen LogP contribution in [0, 0.1) is 5.82 Å². The minimum absolute atomic E-state index is 0.0569. The molecule has 0 atom stereocenters. The molecule has 0 spiro atoms. The van der Waals surface area contributed by atoms with Crippen LogP contribution in [0.15, 0.2) is 48.5 Å². The summed E-state index contributed by atoms with van der Waals surface area (Å²) in [5.74, 6) is -1.59. The highest BCUT2D eigenvalue weighted by molar-refractivity contribution is 5.95. The molecule has 0 aliphatic rings. The molecule has 0 radical (unpaired) electrons. The van der Waals surface area contributed by atoms with Crippen molar-refractivity contribution in [2.75, 3.05) is 19.0 Å². The van der Waals surface area contributed by atoms with Gasteiger partial charge in [0.25, 0.3) is 0 Å². The molecule has 0 fully saturated rings. The predicted octanol–water partition coefficient (Wildman–Crippen LogP) is 1.91. The summed E-state index contributed by atoms with van der Waals surface area (Å²) >= 11 is 0. The minimum atomic E-state index is -0.467. The van der Waals surface area contributed by atoms with Gasteiger partial charge in [0.2, 0.25) is 11.8 Å². The first kappa shape index (κ1) is 18.1. The van der Waals surface area contributed by atoms with E-state index < -0.39 is 11.9 Å². The standard InChI is InChI=1S/C18H17FN2O4/c1-25-18(24)13-4-8-15(9-5-13)21-17(23)11-20-16(22)10-12-2-6-14(19)7-3-12/h2-9H,10-11H2,1H3,(H,20,22)(H,21,23). The number of halogens is 1. The van der Waals surface area contributed by atoms with Gasteiger partial charge in [0, 0.05) is 5.69 Å². The van der Waals surface area contributed by atoms with Crippen LogP contribution in [0.4, 0.5) is 10.1 Å². The molecule has 0 unspecified atom stereocenters. The maximum absolute atomic E-state index is 12.8. The van der Waals surface area contributed by atoms with Crippen LogP contribution in [0.2, 0.25) is 0 Å². The van der Waals surface area contributed by atoms with Crippen molar-refractivity contribution < 1.29 is 23.5 Å². The van der Waals surface area contributed by atoms with Crippen LogP contribution in [-0.2, 0) is 20.7 Å². The molecular weight excluding hydrogens is 327 g/mol. The number of nitrogens with one attached hydrogen (secondary N) is 2. The van der Waals surface area contributed by atoms with E-state index in [9.17, 15) is 18.8 Å². The van der Waals surface area contributed by atoms with Crippen molar-refractivity contribution in [2.45, 2.75) is 6.42 Å². The van der Waals surface area contributed by atoms with Crippen LogP contribution in [-0.4, -0.2) is 31.4 Å². The highest BCUT2D eigenvalue weighted by atomic mass is 19.1. The lowest BCUT2D eigenvalue weighted by Gasteiger charge is -2.08. The van der Waals surface area contributed by atoms with Gasteiger partial charge in [-0.1, -0.05) is 12.1 Å². The quantitative estimate of drug-likeness (QED) is 0.784. The maximum atomic E-state index is 12.8. The van der Waals surface area contributed by atoms with Crippen LogP contribution in [0.5, 0.6) is 0 Å². The average Bonchev–Trinajstić information content (AvgIpc) is 2.62. The van der Waals surface area contributed by atoms with Crippen LogP contribution in [0.3, 0.4) is 0 Å². The van der Waals surface area contributed by atoms with Gasteiger partial charge in [-0.15, -0.1) is 0 Å². The first-order valence-electron chi connectivity index (χ1n) is 7.47. The summed E-state index contributed by atoms with van der Waals surface area (Å²) in [6.45, 7) is -0.196. The molecule has 0 aromatic heterocycles. The maximum Gasteiger partial charge on any atom is 0.337 e. The number of esters is 1. The Balaban J connectivity index is 1.79. The van der Waals surface area contributed by atoms with Crippen LogP contribution < -0.4 is 10.6 Å². The summed E-state index contributed by atoms with van der Waals surface area (Å²) in [4.78, 5) is 34.9. The number of ether oxygens (including phenoxy) is 1. The first-order chi connectivity index (χ1) is 12.0. The highest BCUT2D eigenvalue weighted by Gasteiger charge is 2.08. The lowest BCUT2D eigenvalue weighted by molar-refractivity contribution is -0.123. The van der Waals surface area contributed by atoms with Crippen molar-refractivity contribution in [2.24, 2.45) is 0 Å². The molecule has 2 amide bonds. The molecule has 0 saturated heterocycles. The molecule has 7 heteroatoms. The SMILES string of the molecule is COC(=O)c1ccc(NC(=O)CNC(=O)Cc2ccc(F)cc2)cc1. The zero-order valence-electron chi connectivity index (χ0n) is 13.5. The lowest BCUT2D eigenvalue weighted by atomic mass is 10.1. The molecule has 130 valence electrons. The molecule has 2 rings (SSSR count). The van der Waals surface area contributed by atoms with E-state index in [1.807, 2.05) is 0 Å². The first-order valence-corrected chi connectivity index (χ1v) is 7.47. The van der Waals surface area contributed by atoms with Crippen molar-refractivity contribution in [1.29, 1.82) is 0 Å². The van der Waals surface area contributed by atoms with Gasteiger partial charge < -0.3 is 15.4 Å². The molecule has 6 nitrogen and oxygen atoms in total. The van der Waals surface area contributed by atoms with Gasteiger partial charge in [-0.25, -0.2) is 9.18 Å². The van der Waals surface area contributed by atoms with E-state index in [4.69, 9.17) is 0 Å². The number of methoxy groups -OCH3 is 1. The van der Waals surface area contributed by atoms with Gasteiger partial charge in [-0.3, -0.25) is 9.59 Å². The van der Waals surface area contributed by atoms with Crippen molar-refractivity contribution in [3.05, 3.63) is 65.5 Å². The summed E-state index contributed by atoms with van der Waals surface area (Å²) < 4.78 is 17.4. The zero-order valence-corrected chi connectivity index (χ0v) is 13.5. The van der Waals surface area contributed by atoms with Gasteiger partial charge in [0.15, 0.2) is 0 Å². The number of hydrogen-bond acceptors (Lipinski definition) is 4. The largest absolute Gasteiger partial charge is 0.465 e. The number of carbonyl (C=O) groups excluding carboxylic acids is 3. The summed E-state index contributed by atoms with van der Waals surface area (Å²) in [7, 11) is 1.28. The van der Waals surface area contributed by atoms with Crippen LogP contribution in [0.25, 0.3) is 0 Å². The average molecular weight is 344 g/mol. The smallest absolute Gasteiger partial charge is 0.337 e. The minimum Gasteiger partial charge on any atom is -0.465 e. The van der Waals surface area contributed by atoms with E-state index in [0.29, 0.717) is 16.8 Å². The summed E-state index contributed by atoms with van der Waals surface area (Å²) in [5.41, 5.74) is 1.51. The molecule has 2 aromatic carbocycles. The fourth-order valence-electron chi connectivity index (χ4n) is 2.04. The third-order valence-electron chi connectivity index (χ3n) is 3.31. The third-order valence-corrected chi connectivity index (χ3v) is 3.31. The molecule has 0 bridgehead atoms. The highest BCUT2D eigenvalue weighted by Crippen LogP contribution is 2.10. The second-order valence-corrected chi connectivity index (χ2v) is 5.20. The summed E-state index contributed by atoms with van der Waals surface area (Å²) in [6.07, 6.45) is 0.0569. The normalized spacial score (nSPS) is 10.0. The van der Waals surface area contributed by atoms with Gasteiger partial charge >= 0.3 is 5.97 Å². The van der Waals surface area contributed by atoms with Gasteiger partial charge in [0.05, 0.1) is 25.6 Å². The Labute approximate surface area is 144 Å². The molecular formula is C18H17FN2O4. The van der Waals surface area contributed by atoms with Crippen molar-refractivity contribution in [3.63, 3.8) is 0 Å².